The lowest BCUT2D eigenvalue weighted by Gasteiger charge is -2.28. The van der Waals surface area contributed by atoms with Gasteiger partial charge in [-0.05, 0) is 20.8 Å². The summed E-state index contributed by atoms with van der Waals surface area (Å²) in [4.78, 5) is 0. The lowest BCUT2D eigenvalue weighted by atomic mass is 10.1. The van der Waals surface area contributed by atoms with Crippen molar-refractivity contribution in [2.45, 2.75) is 57.4 Å². The van der Waals surface area contributed by atoms with Crippen LogP contribution in [0.15, 0.2) is 0 Å². The molecule has 0 aliphatic carbocycles. The van der Waals surface area contributed by atoms with E-state index in [1.165, 1.54) is 0 Å². The van der Waals surface area contributed by atoms with Gasteiger partial charge in [-0.2, -0.15) is 0 Å². The van der Waals surface area contributed by atoms with Gasteiger partial charge in [0.25, 0.3) is 0 Å². The number of methoxy groups -OCH3 is 1. The van der Waals surface area contributed by atoms with Crippen molar-refractivity contribution in [2.24, 2.45) is 0 Å². The number of hydrogen-bond donors (Lipinski definition) is 2. The van der Waals surface area contributed by atoms with Gasteiger partial charge in [0.15, 0.2) is 5.79 Å². The summed E-state index contributed by atoms with van der Waals surface area (Å²) in [6, 6.07) is 0. The van der Waals surface area contributed by atoms with Crippen molar-refractivity contribution >= 4 is 0 Å². The third kappa shape index (κ3) is 3.40. The molecular formula is C11H22O5. The fourth-order valence-electron chi connectivity index (χ4n) is 1.76. The molecule has 1 heterocycles. The predicted octanol–water partition coefficient (Wildman–Crippen LogP) is 0.285. The van der Waals surface area contributed by atoms with Crippen LogP contribution in [-0.4, -0.2) is 54.1 Å². The summed E-state index contributed by atoms with van der Waals surface area (Å²) in [5, 5.41) is 18.3. The highest BCUT2D eigenvalue weighted by atomic mass is 16.7. The van der Waals surface area contributed by atoms with Crippen LogP contribution >= 0.6 is 0 Å². The summed E-state index contributed by atoms with van der Waals surface area (Å²) in [6.45, 7) is 5.25. The number of hydrogen-bond acceptors (Lipinski definition) is 5. The fraction of sp³-hybridized carbons (Fsp3) is 1.00. The molecule has 1 fully saturated rings. The first-order chi connectivity index (χ1) is 7.39. The Balaban J connectivity index is 2.51. The molecule has 0 aromatic heterocycles. The van der Waals surface area contributed by atoms with Crippen molar-refractivity contribution in [1.82, 2.24) is 0 Å². The number of rotatable bonds is 5. The third-order valence-corrected chi connectivity index (χ3v) is 2.92. The van der Waals surface area contributed by atoms with E-state index in [0.29, 0.717) is 6.42 Å². The second kappa shape index (κ2) is 5.42. The first-order valence-electron chi connectivity index (χ1n) is 5.57. The molecule has 0 radical (unpaired) electrons. The minimum atomic E-state index is -0.846. The van der Waals surface area contributed by atoms with E-state index >= 15 is 0 Å². The maximum atomic E-state index is 9.49. The molecule has 1 aliphatic heterocycles. The molecule has 0 aromatic rings. The lowest BCUT2D eigenvalue weighted by Crippen LogP contribution is -2.35. The van der Waals surface area contributed by atoms with E-state index < -0.39 is 11.9 Å². The number of aliphatic hydroxyl groups is 2. The molecular weight excluding hydrogens is 212 g/mol. The second-order valence-electron chi connectivity index (χ2n) is 4.63. The Morgan fingerprint density at radius 1 is 1.50 bits per heavy atom. The Morgan fingerprint density at radius 2 is 2.12 bits per heavy atom. The van der Waals surface area contributed by atoms with E-state index in [0.717, 1.165) is 0 Å². The van der Waals surface area contributed by atoms with Crippen molar-refractivity contribution in [3.05, 3.63) is 0 Å². The molecule has 4 atom stereocenters. The summed E-state index contributed by atoms with van der Waals surface area (Å²) in [5.74, 6) is -0.665. The van der Waals surface area contributed by atoms with Gasteiger partial charge in [-0.1, -0.05) is 0 Å². The van der Waals surface area contributed by atoms with Crippen LogP contribution in [0.1, 0.15) is 27.2 Å². The molecule has 1 aliphatic rings. The summed E-state index contributed by atoms with van der Waals surface area (Å²) in [7, 11) is 1.58. The topological polar surface area (TPSA) is 68.2 Å². The van der Waals surface area contributed by atoms with E-state index in [1.54, 1.807) is 7.11 Å². The average molecular weight is 234 g/mol. The molecule has 5 heteroatoms. The first-order valence-corrected chi connectivity index (χ1v) is 5.57. The van der Waals surface area contributed by atoms with Crippen molar-refractivity contribution in [3.63, 3.8) is 0 Å². The standard InChI is InChI=1S/C11H22O5/c1-7-9(16-11(2,3)14-4)5-10(15-7)8(13)6-12/h7-10,12-13H,5-6H2,1-4H3/t7?,8?,9-,10?/m1/s1. The predicted molar refractivity (Wildman–Crippen MR) is 58.0 cm³/mol. The highest BCUT2D eigenvalue weighted by molar-refractivity contribution is 4.85. The summed E-state index contributed by atoms with van der Waals surface area (Å²) in [5.41, 5.74) is 0. The van der Waals surface area contributed by atoms with Gasteiger partial charge in [-0.25, -0.2) is 0 Å². The fourth-order valence-corrected chi connectivity index (χ4v) is 1.76. The highest BCUT2D eigenvalue weighted by Crippen LogP contribution is 2.28. The Kier molecular flexibility index (Phi) is 4.70. The van der Waals surface area contributed by atoms with Gasteiger partial charge in [-0.15, -0.1) is 0 Å². The zero-order valence-corrected chi connectivity index (χ0v) is 10.3. The Bertz CT molecular complexity index is 218. The Morgan fingerprint density at radius 3 is 2.62 bits per heavy atom. The summed E-state index contributed by atoms with van der Waals surface area (Å²) in [6.07, 6.45) is -0.878. The molecule has 3 unspecified atom stereocenters. The lowest BCUT2D eigenvalue weighted by molar-refractivity contribution is -0.229. The molecule has 0 spiro atoms. The molecule has 1 rings (SSSR count). The van der Waals surface area contributed by atoms with Crippen LogP contribution in [0.5, 0.6) is 0 Å². The van der Waals surface area contributed by atoms with Gasteiger partial charge in [0, 0.05) is 13.5 Å². The largest absolute Gasteiger partial charge is 0.394 e. The van der Waals surface area contributed by atoms with Gasteiger partial charge in [0.1, 0.15) is 6.10 Å². The van der Waals surface area contributed by atoms with E-state index in [4.69, 9.17) is 19.3 Å². The molecule has 0 saturated carbocycles. The van der Waals surface area contributed by atoms with E-state index in [2.05, 4.69) is 0 Å². The van der Waals surface area contributed by atoms with Crippen LogP contribution in [0.25, 0.3) is 0 Å². The smallest absolute Gasteiger partial charge is 0.162 e. The van der Waals surface area contributed by atoms with Crippen LogP contribution in [0, 0.1) is 0 Å². The summed E-state index contributed by atoms with van der Waals surface area (Å²) >= 11 is 0. The molecule has 0 bridgehead atoms. The van der Waals surface area contributed by atoms with Gasteiger partial charge in [-0.3, -0.25) is 0 Å². The van der Waals surface area contributed by atoms with Crippen LogP contribution in [0.2, 0.25) is 0 Å². The van der Waals surface area contributed by atoms with Crippen molar-refractivity contribution < 1.29 is 24.4 Å². The van der Waals surface area contributed by atoms with E-state index in [1.807, 2.05) is 20.8 Å². The molecule has 16 heavy (non-hydrogen) atoms. The average Bonchev–Trinajstić information content (AvgIpc) is 2.58. The first kappa shape index (κ1) is 13.9. The number of aliphatic hydroxyl groups excluding tert-OH is 2. The molecule has 0 aromatic carbocycles. The van der Waals surface area contributed by atoms with Gasteiger partial charge in [0.2, 0.25) is 0 Å². The van der Waals surface area contributed by atoms with Crippen LogP contribution < -0.4 is 0 Å². The van der Waals surface area contributed by atoms with Crippen LogP contribution in [-0.2, 0) is 14.2 Å². The van der Waals surface area contributed by atoms with Gasteiger partial charge >= 0.3 is 0 Å². The van der Waals surface area contributed by atoms with Gasteiger partial charge < -0.3 is 24.4 Å². The maximum absolute atomic E-state index is 9.49. The maximum Gasteiger partial charge on any atom is 0.162 e. The molecule has 5 nitrogen and oxygen atoms in total. The van der Waals surface area contributed by atoms with E-state index in [-0.39, 0.29) is 24.9 Å². The molecule has 0 amide bonds. The monoisotopic (exact) mass is 234 g/mol. The van der Waals surface area contributed by atoms with Crippen LogP contribution in [0.3, 0.4) is 0 Å². The quantitative estimate of drug-likeness (QED) is 0.669. The minimum Gasteiger partial charge on any atom is -0.394 e. The SMILES string of the molecule is COC(C)(C)O[C@@H]1CC(C(O)CO)OC1C. The Hall–Kier alpha value is -0.200. The van der Waals surface area contributed by atoms with Gasteiger partial charge in [0.05, 0.1) is 24.9 Å². The van der Waals surface area contributed by atoms with Crippen LogP contribution in [0.4, 0.5) is 0 Å². The molecule has 1 saturated heterocycles. The minimum absolute atomic E-state index is 0.111. The number of ether oxygens (including phenoxy) is 3. The normalized spacial score (nSPS) is 33.0. The van der Waals surface area contributed by atoms with E-state index in [9.17, 15) is 5.11 Å². The Labute approximate surface area is 96.3 Å². The molecule has 2 N–H and O–H groups in total. The summed E-state index contributed by atoms with van der Waals surface area (Å²) < 4.78 is 16.5. The molecule has 96 valence electrons. The second-order valence-corrected chi connectivity index (χ2v) is 4.63. The van der Waals surface area contributed by atoms with Crippen molar-refractivity contribution in [1.29, 1.82) is 0 Å². The third-order valence-electron chi connectivity index (χ3n) is 2.92. The zero-order valence-electron chi connectivity index (χ0n) is 10.3. The highest BCUT2D eigenvalue weighted by Gasteiger charge is 2.39. The zero-order chi connectivity index (χ0) is 12.3. The van der Waals surface area contributed by atoms with Crippen molar-refractivity contribution in [3.8, 4) is 0 Å². The van der Waals surface area contributed by atoms with Crippen molar-refractivity contribution in [2.75, 3.05) is 13.7 Å².